The Bertz CT molecular complexity index is 527. The molecule has 2 N–H and O–H groups in total. The Labute approximate surface area is 131 Å². The van der Waals surface area contributed by atoms with Crippen LogP contribution in [0.3, 0.4) is 0 Å². The highest BCUT2D eigenvalue weighted by molar-refractivity contribution is 7.80. The molecular formula is C16H22N2O2S. The summed E-state index contributed by atoms with van der Waals surface area (Å²) < 4.78 is 11.1. The lowest BCUT2D eigenvalue weighted by Crippen LogP contribution is -2.48. The van der Waals surface area contributed by atoms with E-state index in [4.69, 9.17) is 21.7 Å². The van der Waals surface area contributed by atoms with Gasteiger partial charge in [0.25, 0.3) is 0 Å². The van der Waals surface area contributed by atoms with Crippen molar-refractivity contribution < 1.29 is 9.47 Å². The van der Waals surface area contributed by atoms with E-state index >= 15 is 0 Å². The van der Waals surface area contributed by atoms with Crippen molar-refractivity contribution in [2.24, 2.45) is 0 Å². The van der Waals surface area contributed by atoms with Gasteiger partial charge in [0.15, 0.2) is 16.6 Å². The molecule has 21 heavy (non-hydrogen) atoms. The minimum atomic E-state index is 0.121. The highest BCUT2D eigenvalue weighted by Crippen LogP contribution is 2.33. The summed E-state index contributed by atoms with van der Waals surface area (Å²) in [6.07, 6.45) is 6.23. The Morgan fingerprint density at radius 3 is 2.57 bits per heavy atom. The highest BCUT2D eigenvalue weighted by atomic mass is 32.1. The zero-order valence-corrected chi connectivity index (χ0v) is 13.2. The molecule has 1 aromatic carbocycles. The fourth-order valence-corrected chi connectivity index (χ4v) is 3.38. The van der Waals surface area contributed by atoms with Gasteiger partial charge < -0.3 is 20.1 Å². The molecule has 1 saturated carbocycles. The summed E-state index contributed by atoms with van der Waals surface area (Å²) >= 11 is 5.45. The van der Waals surface area contributed by atoms with Gasteiger partial charge >= 0.3 is 0 Å². The molecular weight excluding hydrogens is 284 g/mol. The SMILES string of the molecule is CC1(NC(=S)Nc2ccc3c(c2)OCCO3)CCCCC1. The van der Waals surface area contributed by atoms with Crippen LogP contribution < -0.4 is 20.1 Å². The number of benzene rings is 1. The molecule has 1 fully saturated rings. The summed E-state index contributed by atoms with van der Waals surface area (Å²) in [6.45, 7) is 3.46. The third-order valence-electron chi connectivity index (χ3n) is 4.17. The van der Waals surface area contributed by atoms with Crippen molar-refractivity contribution >= 4 is 23.0 Å². The van der Waals surface area contributed by atoms with Crippen molar-refractivity contribution in [3.05, 3.63) is 18.2 Å². The first-order valence-corrected chi connectivity index (χ1v) is 8.04. The van der Waals surface area contributed by atoms with Gasteiger partial charge in [-0.05, 0) is 44.1 Å². The number of hydrogen-bond donors (Lipinski definition) is 2. The average molecular weight is 306 g/mol. The van der Waals surface area contributed by atoms with Gasteiger partial charge in [0.05, 0.1) is 0 Å². The number of rotatable bonds is 2. The lowest BCUT2D eigenvalue weighted by atomic mass is 9.83. The van der Waals surface area contributed by atoms with E-state index in [-0.39, 0.29) is 5.54 Å². The third kappa shape index (κ3) is 3.59. The van der Waals surface area contributed by atoms with Gasteiger partial charge in [0.1, 0.15) is 13.2 Å². The van der Waals surface area contributed by atoms with Crippen molar-refractivity contribution in [3.63, 3.8) is 0 Å². The zero-order chi connectivity index (χ0) is 14.7. The molecule has 0 unspecified atom stereocenters. The molecule has 3 rings (SSSR count). The minimum Gasteiger partial charge on any atom is -0.486 e. The first-order valence-electron chi connectivity index (χ1n) is 7.63. The predicted octanol–water partition coefficient (Wildman–Crippen LogP) is 3.47. The largest absolute Gasteiger partial charge is 0.486 e. The number of fused-ring (bicyclic) bond motifs is 1. The Morgan fingerprint density at radius 1 is 1.10 bits per heavy atom. The lowest BCUT2D eigenvalue weighted by molar-refractivity contribution is 0.171. The molecule has 0 saturated heterocycles. The van der Waals surface area contributed by atoms with Crippen molar-refractivity contribution in [3.8, 4) is 11.5 Å². The Hall–Kier alpha value is -1.49. The van der Waals surface area contributed by atoms with Gasteiger partial charge in [-0.25, -0.2) is 0 Å². The Balaban J connectivity index is 1.62. The summed E-state index contributed by atoms with van der Waals surface area (Å²) in [7, 11) is 0. The molecule has 1 heterocycles. The molecule has 0 atom stereocenters. The van der Waals surface area contributed by atoms with E-state index < -0.39 is 0 Å². The normalized spacial score (nSPS) is 19.7. The molecule has 114 valence electrons. The summed E-state index contributed by atoms with van der Waals surface area (Å²) in [5.41, 5.74) is 1.05. The molecule has 4 nitrogen and oxygen atoms in total. The van der Waals surface area contributed by atoms with Crippen LogP contribution in [0.1, 0.15) is 39.0 Å². The van der Waals surface area contributed by atoms with Crippen LogP contribution in [0.4, 0.5) is 5.69 Å². The second kappa shape index (κ2) is 6.10. The van der Waals surface area contributed by atoms with Crippen LogP contribution in [0, 0.1) is 0 Å². The van der Waals surface area contributed by atoms with Crippen LogP contribution in [-0.4, -0.2) is 23.9 Å². The summed E-state index contributed by atoms with van der Waals surface area (Å²) in [5, 5.41) is 7.40. The second-order valence-corrected chi connectivity index (χ2v) is 6.47. The molecule has 1 aliphatic heterocycles. The van der Waals surface area contributed by atoms with Gasteiger partial charge in [-0.2, -0.15) is 0 Å². The molecule has 5 heteroatoms. The minimum absolute atomic E-state index is 0.121. The van der Waals surface area contributed by atoms with Crippen molar-refractivity contribution in [2.45, 2.75) is 44.6 Å². The first-order chi connectivity index (χ1) is 10.1. The molecule has 0 aromatic heterocycles. The zero-order valence-electron chi connectivity index (χ0n) is 12.4. The highest BCUT2D eigenvalue weighted by Gasteiger charge is 2.27. The van der Waals surface area contributed by atoms with E-state index in [0.717, 1.165) is 17.2 Å². The van der Waals surface area contributed by atoms with Crippen molar-refractivity contribution in [2.75, 3.05) is 18.5 Å². The summed E-state index contributed by atoms with van der Waals surface area (Å²) in [6, 6.07) is 5.82. The number of thiocarbonyl (C=S) groups is 1. The third-order valence-corrected chi connectivity index (χ3v) is 4.38. The average Bonchev–Trinajstić information content (AvgIpc) is 2.47. The maximum atomic E-state index is 5.59. The van der Waals surface area contributed by atoms with Gasteiger partial charge in [-0.1, -0.05) is 19.3 Å². The van der Waals surface area contributed by atoms with E-state index in [1.165, 1.54) is 32.1 Å². The number of anilines is 1. The van der Waals surface area contributed by atoms with E-state index in [0.29, 0.717) is 18.3 Å². The molecule has 0 bridgehead atoms. The quantitative estimate of drug-likeness (QED) is 0.819. The van der Waals surface area contributed by atoms with E-state index in [1.54, 1.807) is 0 Å². The number of hydrogen-bond acceptors (Lipinski definition) is 3. The van der Waals surface area contributed by atoms with Crippen molar-refractivity contribution in [1.82, 2.24) is 5.32 Å². The lowest BCUT2D eigenvalue weighted by Gasteiger charge is -2.35. The number of nitrogens with one attached hydrogen (secondary N) is 2. The maximum Gasteiger partial charge on any atom is 0.171 e. The predicted molar refractivity (Wildman–Crippen MR) is 88.3 cm³/mol. The van der Waals surface area contributed by atoms with Crippen molar-refractivity contribution in [1.29, 1.82) is 0 Å². The second-order valence-electron chi connectivity index (χ2n) is 6.06. The topological polar surface area (TPSA) is 42.5 Å². The van der Waals surface area contributed by atoms with E-state index in [2.05, 4.69) is 17.6 Å². The van der Waals surface area contributed by atoms with Crippen LogP contribution in [-0.2, 0) is 0 Å². The summed E-state index contributed by atoms with van der Waals surface area (Å²) in [4.78, 5) is 0. The number of ether oxygens (including phenoxy) is 2. The van der Waals surface area contributed by atoms with Gasteiger partial charge in [0, 0.05) is 17.3 Å². The fraction of sp³-hybridized carbons (Fsp3) is 0.562. The Morgan fingerprint density at radius 2 is 1.81 bits per heavy atom. The van der Waals surface area contributed by atoms with Gasteiger partial charge in [-0.3, -0.25) is 0 Å². The van der Waals surface area contributed by atoms with E-state index in [9.17, 15) is 0 Å². The van der Waals surface area contributed by atoms with Crippen LogP contribution >= 0.6 is 12.2 Å². The fourth-order valence-electron chi connectivity index (χ4n) is 3.01. The monoisotopic (exact) mass is 306 g/mol. The smallest absolute Gasteiger partial charge is 0.171 e. The molecule has 1 aromatic rings. The van der Waals surface area contributed by atoms with Gasteiger partial charge in [-0.15, -0.1) is 0 Å². The first kappa shape index (κ1) is 14.4. The van der Waals surface area contributed by atoms with Crippen LogP contribution in [0.2, 0.25) is 0 Å². The van der Waals surface area contributed by atoms with E-state index in [1.807, 2.05) is 18.2 Å². The van der Waals surface area contributed by atoms with Crippen LogP contribution in [0.25, 0.3) is 0 Å². The summed E-state index contributed by atoms with van der Waals surface area (Å²) in [5.74, 6) is 1.57. The molecule has 0 radical (unpaired) electrons. The van der Waals surface area contributed by atoms with Gasteiger partial charge in [0.2, 0.25) is 0 Å². The van der Waals surface area contributed by atoms with Crippen LogP contribution in [0.15, 0.2) is 18.2 Å². The molecule has 0 spiro atoms. The van der Waals surface area contributed by atoms with Crippen LogP contribution in [0.5, 0.6) is 11.5 Å². The molecule has 0 amide bonds. The maximum absolute atomic E-state index is 5.59. The standard InChI is InChI=1S/C16H22N2O2S/c1-16(7-3-2-4-8-16)18-15(21)17-12-5-6-13-14(11-12)20-10-9-19-13/h5-6,11H,2-4,7-10H2,1H3,(H2,17,18,21). The Kier molecular flexibility index (Phi) is 4.19. The molecule has 2 aliphatic rings. The molecule has 1 aliphatic carbocycles.